The monoisotopic (exact) mass is 405 g/mol. The maximum atomic E-state index is 11.9. The van der Waals surface area contributed by atoms with Gasteiger partial charge >= 0.3 is 0 Å². The number of benzene rings is 1. The quantitative estimate of drug-likeness (QED) is 0.801. The summed E-state index contributed by atoms with van der Waals surface area (Å²) in [6.07, 6.45) is 5.71. The SMILES string of the molecule is O=C1CCCN1c1ccc(OCC23CCC(CC2)N2CCS(O)(O)N=C23)cc1. The molecule has 5 aliphatic rings. The molecule has 0 aromatic heterocycles. The molecule has 6 rings (SSSR count). The van der Waals surface area contributed by atoms with Crippen LogP contribution in [0.3, 0.4) is 0 Å². The van der Waals surface area contributed by atoms with Crippen LogP contribution in [0.25, 0.3) is 0 Å². The first-order valence-electron chi connectivity index (χ1n) is 10.1. The molecule has 28 heavy (non-hydrogen) atoms. The van der Waals surface area contributed by atoms with Crippen molar-refractivity contribution in [3.63, 3.8) is 0 Å². The molecule has 1 saturated carbocycles. The van der Waals surface area contributed by atoms with Crippen molar-refractivity contribution >= 4 is 28.2 Å². The van der Waals surface area contributed by atoms with Gasteiger partial charge in [-0.15, -0.1) is 4.40 Å². The maximum Gasteiger partial charge on any atom is 0.227 e. The molecule has 8 heteroatoms. The van der Waals surface area contributed by atoms with Gasteiger partial charge in [0, 0.05) is 31.2 Å². The van der Waals surface area contributed by atoms with Crippen LogP contribution in [0, 0.1) is 5.41 Å². The lowest BCUT2D eigenvalue weighted by atomic mass is 9.67. The number of amidine groups is 1. The van der Waals surface area contributed by atoms with Crippen LogP contribution < -0.4 is 9.64 Å². The second-order valence-electron chi connectivity index (χ2n) is 8.39. The smallest absolute Gasteiger partial charge is 0.227 e. The summed E-state index contributed by atoms with van der Waals surface area (Å²) in [7, 11) is -2.86. The number of hydrogen-bond acceptors (Lipinski definition) is 6. The van der Waals surface area contributed by atoms with Gasteiger partial charge in [-0.3, -0.25) is 13.9 Å². The number of rotatable bonds is 4. The molecule has 0 spiro atoms. The van der Waals surface area contributed by atoms with Crippen molar-refractivity contribution in [1.82, 2.24) is 4.90 Å². The molecule has 1 aromatic rings. The summed E-state index contributed by atoms with van der Waals surface area (Å²) in [5.41, 5.74) is 0.686. The Kier molecular flexibility index (Phi) is 4.33. The molecule has 152 valence electrons. The van der Waals surface area contributed by atoms with Crippen LogP contribution in [0.2, 0.25) is 0 Å². The van der Waals surface area contributed by atoms with E-state index in [1.807, 2.05) is 29.2 Å². The Hall–Kier alpha value is -1.77. The van der Waals surface area contributed by atoms with Crippen molar-refractivity contribution < 1.29 is 18.6 Å². The Labute approximate surface area is 166 Å². The van der Waals surface area contributed by atoms with Crippen LogP contribution in [-0.4, -0.2) is 57.2 Å². The highest BCUT2D eigenvalue weighted by molar-refractivity contribution is 8.23. The molecule has 1 amide bonds. The number of piperidine rings is 2. The van der Waals surface area contributed by atoms with E-state index in [4.69, 9.17) is 4.74 Å². The van der Waals surface area contributed by atoms with E-state index >= 15 is 0 Å². The zero-order chi connectivity index (χ0) is 19.4. The Morgan fingerprint density at radius 2 is 1.93 bits per heavy atom. The van der Waals surface area contributed by atoms with E-state index in [-0.39, 0.29) is 11.3 Å². The fraction of sp³-hybridized carbons (Fsp3) is 0.600. The van der Waals surface area contributed by atoms with E-state index in [9.17, 15) is 13.9 Å². The highest BCUT2D eigenvalue weighted by Crippen LogP contribution is 2.53. The fourth-order valence-electron chi connectivity index (χ4n) is 5.08. The number of anilines is 1. The van der Waals surface area contributed by atoms with Crippen LogP contribution in [0.5, 0.6) is 5.75 Å². The lowest BCUT2D eigenvalue weighted by Crippen LogP contribution is -2.62. The molecule has 4 aliphatic heterocycles. The molecular formula is C20H27N3O4S. The lowest BCUT2D eigenvalue weighted by Gasteiger charge is -2.56. The fourth-order valence-corrected chi connectivity index (χ4v) is 6.19. The van der Waals surface area contributed by atoms with Crippen LogP contribution in [0.4, 0.5) is 5.69 Å². The maximum absolute atomic E-state index is 11.9. The predicted molar refractivity (Wildman–Crippen MR) is 110 cm³/mol. The minimum Gasteiger partial charge on any atom is -0.493 e. The first kappa shape index (κ1) is 18.3. The van der Waals surface area contributed by atoms with Crippen LogP contribution in [0.15, 0.2) is 28.7 Å². The minimum absolute atomic E-state index is 0.181. The molecule has 0 radical (unpaired) electrons. The van der Waals surface area contributed by atoms with Crippen molar-refractivity contribution in [2.45, 2.75) is 44.6 Å². The van der Waals surface area contributed by atoms with Crippen molar-refractivity contribution in [3.8, 4) is 5.75 Å². The number of hydrogen-bond donors (Lipinski definition) is 2. The summed E-state index contributed by atoms with van der Waals surface area (Å²) in [5, 5.41) is 0. The second kappa shape index (κ2) is 6.64. The average molecular weight is 406 g/mol. The van der Waals surface area contributed by atoms with Gasteiger partial charge in [-0.05, 0) is 56.4 Å². The molecule has 0 unspecified atom stereocenters. The van der Waals surface area contributed by atoms with Gasteiger partial charge in [0.15, 0.2) is 0 Å². The second-order valence-corrected chi connectivity index (χ2v) is 10.2. The third-order valence-electron chi connectivity index (χ3n) is 6.68. The van der Waals surface area contributed by atoms with Crippen LogP contribution >= 0.6 is 10.8 Å². The highest BCUT2D eigenvalue weighted by Gasteiger charge is 2.52. The Balaban J connectivity index is 1.32. The van der Waals surface area contributed by atoms with Gasteiger partial charge in [-0.2, -0.15) is 0 Å². The van der Waals surface area contributed by atoms with Crippen LogP contribution in [-0.2, 0) is 4.79 Å². The van der Waals surface area contributed by atoms with Gasteiger partial charge in [0.2, 0.25) is 5.91 Å². The lowest BCUT2D eigenvalue weighted by molar-refractivity contribution is -0.117. The van der Waals surface area contributed by atoms with Gasteiger partial charge in [0.1, 0.15) is 18.2 Å². The molecule has 4 fully saturated rings. The van der Waals surface area contributed by atoms with E-state index in [0.717, 1.165) is 55.9 Å². The van der Waals surface area contributed by atoms with Crippen molar-refractivity contribution in [2.24, 2.45) is 9.81 Å². The highest BCUT2D eigenvalue weighted by atomic mass is 32.3. The van der Waals surface area contributed by atoms with E-state index in [2.05, 4.69) is 9.30 Å². The number of amides is 1. The Morgan fingerprint density at radius 3 is 2.61 bits per heavy atom. The molecule has 2 bridgehead atoms. The molecule has 0 atom stereocenters. The summed E-state index contributed by atoms with van der Waals surface area (Å²) in [4.78, 5) is 16.0. The largest absolute Gasteiger partial charge is 0.493 e. The zero-order valence-electron chi connectivity index (χ0n) is 15.9. The summed E-state index contributed by atoms with van der Waals surface area (Å²) in [6, 6.07) is 8.19. The third-order valence-corrected chi connectivity index (χ3v) is 7.87. The Morgan fingerprint density at radius 1 is 1.18 bits per heavy atom. The van der Waals surface area contributed by atoms with Gasteiger partial charge < -0.3 is 14.5 Å². The summed E-state index contributed by atoms with van der Waals surface area (Å²) < 4.78 is 30.8. The number of nitrogens with zero attached hydrogens (tertiary/aromatic N) is 3. The molecule has 1 aliphatic carbocycles. The van der Waals surface area contributed by atoms with Crippen molar-refractivity contribution in [3.05, 3.63) is 24.3 Å². The minimum atomic E-state index is -2.86. The van der Waals surface area contributed by atoms with E-state index in [1.165, 1.54) is 0 Å². The van der Waals surface area contributed by atoms with E-state index in [0.29, 0.717) is 31.4 Å². The summed E-state index contributed by atoms with van der Waals surface area (Å²) in [6.45, 7) is 1.95. The van der Waals surface area contributed by atoms with Gasteiger partial charge in [0.25, 0.3) is 0 Å². The molecule has 4 heterocycles. The molecule has 1 aromatic carbocycles. The first-order valence-corrected chi connectivity index (χ1v) is 11.8. The number of ether oxygens (including phenoxy) is 1. The Bertz CT molecular complexity index is 802. The predicted octanol–water partition coefficient (Wildman–Crippen LogP) is 3.51. The topological polar surface area (TPSA) is 85.6 Å². The molecular weight excluding hydrogens is 378 g/mol. The summed E-state index contributed by atoms with van der Waals surface area (Å²) in [5.74, 6) is 2.13. The number of carbonyl (C=O) groups is 1. The van der Waals surface area contributed by atoms with Gasteiger partial charge in [-0.25, -0.2) is 0 Å². The zero-order valence-corrected chi connectivity index (χ0v) is 16.7. The number of fused-ring (bicyclic) bond motifs is 2. The van der Waals surface area contributed by atoms with E-state index < -0.39 is 10.8 Å². The summed E-state index contributed by atoms with van der Waals surface area (Å²) >= 11 is 0. The van der Waals surface area contributed by atoms with E-state index in [1.54, 1.807) is 0 Å². The standard InChI is InChI=1S/C20H27N3O4S/c24-18-2-1-11-22(18)15-3-5-17(6-4-15)27-14-20-9-7-16(8-10-20)23-12-13-28(25,26)21-19(20)23/h3-6,16,25-26H,1-2,7-14H2. The molecule has 2 N–H and O–H groups in total. The van der Waals surface area contributed by atoms with Gasteiger partial charge in [0.05, 0.1) is 11.2 Å². The third kappa shape index (κ3) is 3.07. The molecule has 7 nitrogen and oxygen atoms in total. The average Bonchev–Trinajstić information content (AvgIpc) is 3.13. The first-order chi connectivity index (χ1) is 13.5. The van der Waals surface area contributed by atoms with Crippen molar-refractivity contribution in [1.29, 1.82) is 0 Å². The van der Waals surface area contributed by atoms with Gasteiger partial charge in [-0.1, -0.05) is 10.8 Å². The van der Waals surface area contributed by atoms with Crippen molar-refractivity contribution in [2.75, 3.05) is 30.3 Å². The number of carbonyl (C=O) groups excluding carboxylic acids is 1. The van der Waals surface area contributed by atoms with Crippen LogP contribution in [0.1, 0.15) is 38.5 Å². The normalized spacial score (nSPS) is 32.1. The molecule has 3 saturated heterocycles.